The smallest absolute Gasteiger partial charge is 0.263 e. The zero-order valence-electron chi connectivity index (χ0n) is 24.0. The van der Waals surface area contributed by atoms with Crippen LogP contribution in [0.3, 0.4) is 0 Å². The summed E-state index contributed by atoms with van der Waals surface area (Å²) in [6, 6.07) is 9.38. The Kier molecular flexibility index (Phi) is 8.03. The van der Waals surface area contributed by atoms with Gasteiger partial charge >= 0.3 is 0 Å². The van der Waals surface area contributed by atoms with Crippen LogP contribution in [0.1, 0.15) is 54.7 Å². The first-order valence-corrected chi connectivity index (χ1v) is 14.4. The van der Waals surface area contributed by atoms with Crippen molar-refractivity contribution in [3.8, 4) is 17.1 Å². The zero-order chi connectivity index (χ0) is 29.1. The molecule has 1 saturated carbocycles. The van der Waals surface area contributed by atoms with E-state index in [2.05, 4.69) is 37.2 Å². The van der Waals surface area contributed by atoms with Crippen LogP contribution in [0.25, 0.3) is 22.2 Å². The summed E-state index contributed by atoms with van der Waals surface area (Å²) < 4.78 is 16.6. The molecule has 1 spiro atoms. The highest BCUT2D eigenvalue weighted by atomic mass is 16.5. The van der Waals surface area contributed by atoms with E-state index in [0.717, 1.165) is 54.5 Å². The predicted octanol–water partition coefficient (Wildman–Crippen LogP) is 4.19. The minimum absolute atomic E-state index is 0.00586. The highest BCUT2D eigenvalue weighted by Crippen LogP contribution is 2.59. The molecule has 6 rings (SSSR count). The number of nitrogens with one attached hydrogen (secondary N) is 2. The van der Waals surface area contributed by atoms with Crippen molar-refractivity contribution in [2.24, 2.45) is 11.3 Å². The van der Waals surface area contributed by atoms with Crippen molar-refractivity contribution in [2.45, 2.75) is 38.1 Å². The Bertz CT molecular complexity index is 1540. The van der Waals surface area contributed by atoms with Crippen LogP contribution in [0.5, 0.6) is 5.88 Å². The number of piperidine rings is 1. The Morgan fingerprint density at radius 2 is 2.07 bits per heavy atom. The number of benzene rings is 1. The Hall–Kier alpha value is -4.09. The maximum atomic E-state index is 13.5. The van der Waals surface area contributed by atoms with Crippen LogP contribution in [0, 0.1) is 11.3 Å². The van der Waals surface area contributed by atoms with Crippen LogP contribution in [-0.4, -0.2) is 77.0 Å². The molecule has 4 aromatic rings. The van der Waals surface area contributed by atoms with E-state index >= 15 is 0 Å². The number of methoxy groups -OCH3 is 1. The van der Waals surface area contributed by atoms with Crippen molar-refractivity contribution in [2.75, 3.05) is 40.5 Å². The fraction of sp³-hybridized carbons (Fsp3) is 0.452. The summed E-state index contributed by atoms with van der Waals surface area (Å²) in [5.74, 6) is 1.05. The molecule has 3 aromatic heterocycles. The average molecular weight is 573 g/mol. The summed E-state index contributed by atoms with van der Waals surface area (Å²) in [4.78, 5) is 44.6. The number of para-hydroxylation sites is 1. The Morgan fingerprint density at radius 3 is 2.86 bits per heavy atom. The summed E-state index contributed by atoms with van der Waals surface area (Å²) in [5, 5.41) is 4.19. The molecular weight excluding hydrogens is 536 g/mol. The van der Waals surface area contributed by atoms with Crippen LogP contribution >= 0.6 is 0 Å². The van der Waals surface area contributed by atoms with E-state index in [1.807, 2.05) is 30.3 Å². The molecule has 1 aliphatic heterocycles. The number of nitrogens with zero attached hydrogens (tertiary/aromatic N) is 4. The third kappa shape index (κ3) is 5.93. The Balaban J connectivity index is 1.16. The lowest BCUT2D eigenvalue weighted by Crippen LogP contribution is -2.37. The number of carbonyl (C=O) groups is 2. The largest absolute Gasteiger partial charge is 0.480 e. The quantitative estimate of drug-likeness (QED) is 0.189. The van der Waals surface area contributed by atoms with Crippen molar-refractivity contribution in [3.05, 3.63) is 60.7 Å². The summed E-state index contributed by atoms with van der Waals surface area (Å²) in [5.41, 5.74) is 2.46. The van der Waals surface area contributed by atoms with Crippen LogP contribution < -0.4 is 10.1 Å². The van der Waals surface area contributed by atoms with E-state index < -0.39 is 6.04 Å². The molecule has 220 valence electrons. The molecule has 11 nitrogen and oxygen atoms in total. The standard InChI is InChI=1S/C31H36N6O5/c1-37-12-9-31(10-13-37)17-22(31)28(39)35-25(19-41-14-5-8-26(38)30-32-11-15-42-30)27-33-18-24(34-27)21-16-20-6-3-4-7-23(20)36-29(21)40-2/h3-4,6-7,11,15-16,18,22,25H,5,8-10,12-14,17,19H2,1-2H3,(H,33,34)(H,35,39). The number of amides is 1. The fourth-order valence-electron chi connectivity index (χ4n) is 5.90. The molecule has 2 aliphatic rings. The normalized spacial score (nSPS) is 18.7. The summed E-state index contributed by atoms with van der Waals surface area (Å²) in [6.45, 7) is 2.59. The third-order valence-corrected chi connectivity index (χ3v) is 8.55. The number of aromatic nitrogens is 4. The van der Waals surface area contributed by atoms with Crippen LogP contribution in [0.4, 0.5) is 0 Å². The monoisotopic (exact) mass is 572 g/mol. The van der Waals surface area contributed by atoms with E-state index in [9.17, 15) is 9.59 Å². The number of aromatic amines is 1. The molecule has 1 amide bonds. The van der Waals surface area contributed by atoms with E-state index in [1.165, 1.54) is 12.5 Å². The van der Waals surface area contributed by atoms with E-state index in [0.29, 0.717) is 24.7 Å². The third-order valence-electron chi connectivity index (χ3n) is 8.55. The molecule has 1 aliphatic carbocycles. The molecule has 2 fully saturated rings. The molecule has 0 bridgehead atoms. The number of fused-ring (bicyclic) bond motifs is 1. The lowest BCUT2D eigenvalue weighted by molar-refractivity contribution is -0.124. The highest BCUT2D eigenvalue weighted by Gasteiger charge is 2.58. The first kappa shape index (κ1) is 28.0. The van der Waals surface area contributed by atoms with Gasteiger partial charge in [-0.1, -0.05) is 18.2 Å². The fourth-order valence-corrected chi connectivity index (χ4v) is 5.90. The van der Waals surface area contributed by atoms with Gasteiger partial charge < -0.3 is 29.1 Å². The van der Waals surface area contributed by atoms with Gasteiger partial charge in [0.2, 0.25) is 17.6 Å². The highest BCUT2D eigenvalue weighted by molar-refractivity contribution is 5.91. The first-order valence-electron chi connectivity index (χ1n) is 14.4. The number of H-pyrrole nitrogens is 1. The Morgan fingerprint density at radius 1 is 1.24 bits per heavy atom. The number of hydrogen-bond acceptors (Lipinski definition) is 9. The van der Waals surface area contributed by atoms with Gasteiger partial charge in [0, 0.05) is 24.3 Å². The number of oxazole rings is 1. The number of likely N-dealkylation sites (tertiary alicyclic amines) is 1. The first-order chi connectivity index (χ1) is 20.5. The van der Waals surface area contributed by atoms with Crippen molar-refractivity contribution in [1.29, 1.82) is 0 Å². The molecule has 0 radical (unpaired) electrons. The number of imidazole rings is 1. The number of rotatable bonds is 12. The van der Waals surface area contributed by atoms with Crippen molar-refractivity contribution < 1.29 is 23.5 Å². The molecule has 42 heavy (non-hydrogen) atoms. The second kappa shape index (κ2) is 12.0. The van der Waals surface area contributed by atoms with Gasteiger partial charge in [-0.15, -0.1) is 0 Å². The predicted molar refractivity (Wildman–Crippen MR) is 155 cm³/mol. The van der Waals surface area contributed by atoms with Gasteiger partial charge in [0.25, 0.3) is 5.89 Å². The maximum Gasteiger partial charge on any atom is 0.263 e. The summed E-state index contributed by atoms with van der Waals surface area (Å²) >= 11 is 0. The van der Waals surface area contributed by atoms with E-state index in [4.69, 9.17) is 13.9 Å². The second-order valence-electron chi connectivity index (χ2n) is 11.3. The van der Waals surface area contributed by atoms with Crippen LogP contribution in [0.15, 0.2) is 53.4 Å². The topological polar surface area (TPSA) is 135 Å². The Labute approximate surface area is 244 Å². The van der Waals surface area contributed by atoms with Gasteiger partial charge in [0.15, 0.2) is 0 Å². The van der Waals surface area contributed by atoms with Crippen molar-refractivity contribution in [1.82, 2.24) is 30.2 Å². The van der Waals surface area contributed by atoms with E-state index in [1.54, 1.807) is 13.3 Å². The summed E-state index contributed by atoms with van der Waals surface area (Å²) in [7, 11) is 3.72. The minimum Gasteiger partial charge on any atom is -0.480 e. The van der Waals surface area contributed by atoms with Gasteiger partial charge in [-0.2, -0.15) is 0 Å². The molecule has 1 saturated heterocycles. The number of ether oxygens (including phenoxy) is 2. The molecule has 11 heteroatoms. The molecular formula is C31H36N6O5. The van der Waals surface area contributed by atoms with E-state index in [-0.39, 0.29) is 41.9 Å². The molecule has 1 aromatic carbocycles. The van der Waals surface area contributed by atoms with Gasteiger partial charge in [-0.3, -0.25) is 9.59 Å². The number of carbonyl (C=O) groups excluding carboxylic acids is 2. The average Bonchev–Trinajstić information content (AvgIpc) is 3.36. The minimum atomic E-state index is -0.489. The zero-order valence-corrected chi connectivity index (χ0v) is 24.0. The molecule has 4 heterocycles. The lowest BCUT2D eigenvalue weighted by atomic mass is 9.91. The van der Waals surface area contributed by atoms with Crippen molar-refractivity contribution >= 4 is 22.6 Å². The van der Waals surface area contributed by atoms with Gasteiger partial charge in [-0.25, -0.2) is 15.0 Å². The molecule has 2 atom stereocenters. The van der Waals surface area contributed by atoms with Crippen LogP contribution in [0.2, 0.25) is 0 Å². The SMILES string of the molecule is COc1nc2ccccc2cc1-c1cnc(C(COCCCC(=O)c2ncco2)NC(=O)C2CC23CCN(C)CC3)[nH]1. The molecule has 2 N–H and O–H groups in total. The number of pyridine rings is 1. The number of Topliss-reactive ketones (excluding diaryl/α,β-unsaturated/α-hetero) is 1. The van der Waals surface area contributed by atoms with Gasteiger partial charge in [0.1, 0.15) is 18.1 Å². The van der Waals surface area contributed by atoms with Crippen molar-refractivity contribution in [3.63, 3.8) is 0 Å². The van der Waals surface area contributed by atoms with Gasteiger partial charge in [0.05, 0.1) is 42.9 Å². The van der Waals surface area contributed by atoms with Gasteiger partial charge in [-0.05, 0) is 63.4 Å². The number of hydrogen-bond donors (Lipinski definition) is 2. The second-order valence-corrected chi connectivity index (χ2v) is 11.3. The molecule has 2 unspecified atom stereocenters. The maximum absolute atomic E-state index is 13.5. The number of ketones is 1. The summed E-state index contributed by atoms with van der Waals surface area (Å²) in [6.07, 6.45) is 8.34. The lowest BCUT2D eigenvalue weighted by Gasteiger charge is -2.30. The van der Waals surface area contributed by atoms with Crippen LogP contribution in [-0.2, 0) is 9.53 Å².